The van der Waals surface area contributed by atoms with E-state index in [0.717, 1.165) is 25.7 Å². The van der Waals surface area contributed by atoms with Gasteiger partial charge in [-0.05, 0) is 31.9 Å². The quantitative estimate of drug-likeness (QED) is 0.809. The van der Waals surface area contributed by atoms with Gasteiger partial charge in [0.25, 0.3) is 5.91 Å². The topological polar surface area (TPSA) is 64.6 Å². The summed E-state index contributed by atoms with van der Waals surface area (Å²) in [5.41, 5.74) is 0. The number of benzene rings is 1. The van der Waals surface area contributed by atoms with Crippen molar-refractivity contribution in [1.29, 1.82) is 0 Å². The van der Waals surface area contributed by atoms with E-state index in [1.54, 1.807) is 31.2 Å². The Labute approximate surface area is 141 Å². The first-order chi connectivity index (χ1) is 11.1. The highest BCUT2D eigenvalue weighted by Gasteiger charge is 2.22. The predicted molar refractivity (Wildman–Crippen MR) is 87.5 cm³/mol. The molecule has 1 atom stereocenters. The summed E-state index contributed by atoms with van der Waals surface area (Å²) in [4.78, 5) is 23.8. The van der Waals surface area contributed by atoms with Crippen molar-refractivity contribution in [1.82, 2.24) is 5.32 Å². The van der Waals surface area contributed by atoms with Crippen molar-refractivity contribution in [3.63, 3.8) is 0 Å². The van der Waals surface area contributed by atoms with Crippen molar-refractivity contribution < 1.29 is 19.1 Å². The van der Waals surface area contributed by atoms with Gasteiger partial charge in [-0.2, -0.15) is 0 Å². The van der Waals surface area contributed by atoms with Crippen molar-refractivity contribution in [2.45, 2.75) is 51.2 Å². The van der Waals surface area contributed by atoms with Gasteiger partial charge in [0.05, 0.1) is 5.02 Å². The Morgan fingerprint density at radius 2 is 1.96 bits per heavy atom. The van der Waals surface area contributed by atoms with Crippen LogP contribution < -0.4 is 10.1 Å². The largest absolute Gasteiger partial charge is 0.480 e. The molecule has 0 aromatic heterocycles. The first kappa shape index (κ1) is 17.6. The number of halogens is 1. The van der Waals surface area contributed by atoms with Gasteiger partial charge in [-0.25, -0.2) is 4.79 Å². The average Bonchev–Trinajstić information content (AvgIpc) is 2.55. The zero-order valence-corrected chi connectivity index (χ0v) is 14.0. The first-order valence-corrected chi connectivity index (χ1v) is 8.31. The van der Waals surface area contributed by atoms with Gasteiger partial charge in [-0.15, -0.1) is 0 Å². The number of ether oxygens (including phenoxy) is 2. The van der Waals surface area contributed by atoms with Crippen LogP contribution in [0.3, 0.4) is 0 Å². The molecular weight excluding hydrogens is 318 g/mol. The Kier molecular flexibility index (Phi) is 6.71. The second kappa shape index (κ2) is 8.77. The Morgan fingerprint density at radius 3 is 2.65 bits per heavy atom. The lowest BCUT2D eigenvalue weighted by molar-refractivity contribution is -0.156. The van der Waals surface area contributed by atoms with E-state index in [0.29, 0.717) is 10.8 Å². The fraction of sp³-hybridized carbons (Fsp3) is 0.529. The zero-order valence-electron chi connectivity index (χ0n) is 13.2. The molecule has 0 saturated heterocycles. The number of esters is 1. The SMILES string of the molecule is CC(OC(=O)COc1ccccc1Cl)C(=O)NC1CCCCC1. The summed E-state index contributed by atoms with van der Waals surface area (Å²) in [6, 6.07) is 7.05. The Bertz CT molecular complexity index is 543. The molecule has 23 heavy (non-hydrogen) atoms. The van der Waals surface area contributed by atoms with Gasteiger partial charge in [0.15, 0.2) is 12.7 Å². The number of rotatable bonds is 6. The van der Waals surface area contributed by atoms with Crippen molar-refractivity contribution in [3.8, 4) is 5.75 Å². The zero-order chi connectivity index (χ0) is 16.7. The minimum Gasteiger partial charge on any atom is -0.480 e. The standard InChI is InChI=1S/C17H22ClNO4/c1-12(17(21)19-13-7-3-2-4-8-13)23-16(20)11-22-15-10-6-5-9-14(15)18/h5-6,9-10,12-13H,2-4,7-8,11H2,1H3,(H,19,21). The van der Waals surface area contributed by atoms with Crippen LogP contribution in [0.4, 0.5) is 0 Å². The van der Waals surface area contributed by atoms with Crippen LogP contribution >= 0.6 is 11.6 Å². The fourth-order valence-electron chi connectivity index (χ4n) is 2.55. The van der Waals surface area contributed by atoms with Crippen molar-refractivity contribution in [2.75, 3.05) is 6.61 Å². The maximum Gasteiger partial charge on any atom is 0.344 e. The molecule has 6 heteroatoms. The number of para-hydroxylation sites is 1. The molecule has 0 radical (unpaired) electrons. The van der Waals surface area contributed by atoms with Gasteiger partial charge in [-0.3, -0.25) is 4.79 Å². The number of hydrogen-bond acceptors (Lipinski definition) is 4. The predicted octanol–water partition coefficient (Wildman–Crippen LogP) is 3.10. The highest BCUT2D eigenvalue weighted by molar-refractivity contribution is 6.32. The molecule has 2 rings (SSSR count). The van der Waals surface area contributed by atoms with Crippen LogP contribution in [0.2, 0.25) is 5.02 Å². The van der Waals surface area contributed by atoms with E-state index in [-0.39, 0.29) is 18.6 Å². The van der Waals surface area contributed by atoms with Crippen LogP contribution in [0.1, 0.15) is 39.0 Å². The van der Waals surface area contributed by atoms with E-state index in [1.165, 1.54) is 6.42 Å². The summed E-state index contributed by atoms with van der Waals surface area (Å²) in [7, 11) is 0. The number of amides is 1. The van der Waals surface area contributed by atoms with Gasteiger partial charge in [0.1, 0.15) is 5.75 Å². The highest BCUT2D eigenvalue weighted by Crippen LogP contribution is 2.23. The van der Waals surface area contributed by atoms with Gasteiger partial charge in [0, 0.05) is 6.04 Å². The third-order valence-corrected chi connectivity index (χ3v) is 4.12. The summed E-state index contributed by atoms with van der Waals surface area (Å²) in [5, 5.41) is 3.35. The van der Waals surface area contributed by atoms with Crippen LogP contribution in [-0.4, -0.2) is 30.6 Å². The first-order valence-electron chi connectivity index (χ1n) is 7.93. The third-order valence-electron chi connectivity index (χ3n) is 3.81. The van der Waals surface area contributed by atoms with Crippen molar-refractivity contribution >= 4 is 23.5 Å². The van der Waals surface area contributed by atoms with E-state index in [1.807, 2.05) is 0 Å². The minimum absolute atomic E-state index is 0.191. The van der Waals surface area contributed by atoms with Crippen LogP contribution in [0.25, 0.3) is 0 Å². The normalized spacial score (nSPS) is 16.4. The summed E-state index contributed by atoms with van der Waals surface area (Å²) >= 11 is 5.93. The molecule has 0 spiro atoms. The molecule has 0 heterocycles. The van der Waals surface area contributed by atoms with Crippen LogP contribution in [0.5, 0.6) is 5.75 Å². The second-order valence-corrected chi connectivity index (χ2v) is 6.10. The summed E-state index contributed by atoms with van der Waals surface area (Å²) in [5.74, 6) is -0.454. The van der Waals surface area contributed by atoms with Crippen LogP contribution in [0.15, 0.2) is 24.3 Å². The monoisotopic (exact) mass is 339 g/mol. The Hall–Kier alpha value is -1.75. The van der Waals surface area contributed by atoms with Crippen molar-refractivity contribution in [2.24, 2.45) is 0 Å². The fourth-order valence-corrected chi connectivity index (χ4v) is 2.74. The number of hydrogen-bond donors (Lipinski definition) is 1. The van der Waals surface area contributed by atoms with Crippen LogP contribution in [0, 0.1) is 0 Å². The molecule has 1 fully saturated rings. The molecule has 0 bridgehead atoms. The second-order valence-electron chi connectivity index (χ2n) is 5.69. The molecule has 126 valence electrons. The van der Waals surface area contributed by atoms with E-state index in [4.69, 9.17) is 21.1 Å². The lowest BCUT2D eigenvalue weighted by Crippen LogP contribution is -2.43. The maximum absolute atomic E-state index is 12.0. The van der Waals surface area contributed by atoms with Crippen molar-refractivity contribution in [3.05, 3.63) is 29.3 Å². The molecule has 0 aliphatic heterocycles. The average molecular weight is 340 g/mol. The molecule has 5 nitrogen and oxygen atoms in total. The molecule has 1 amide bonds. The van der Waals surface area contributed by atoms with Gasteiger partial charge >= 0.3 is 5.97 Å². The number of nitrogens with one attached hydrogen (secondary N) is 1. The summed E-state index contributed by atoms with van der Waals surface area (Å²) in [6.07, 6.45) is 4.62. The summed E-state index contributed by atoms with van der Waals surface area (Å²) < 4.78 is 10.4. The lowest BCUT2D eigenvalue weighted by Gasteiger charge is -2.24. The third kappa shape index (κ3) is 5.75. The number of carbonyl (C=O) groups is 2. The summed E-state index contributed by atoms with van der Waals surface area (Å²) in [6.45, 7) is 1.27. The van der Waals surface area contributed by atoms with E-state index in [9.17, 15) is 9.59 Å². The Balaban J connectivity index is 1.73. The maximum atomic E-state index is 12.0. The smallest absolute Gasteiger partial charge is 0.344 e. The van der Waals surface area contributed by atoms with E-state index < -0.39 is 12.1 Å². The van der Waals surface area contributed by atoms with E-state index in [2.05, 4.69) is 5.32 Å². The molecule has 1 saturated carbocycles. The molecule has 1 aromatic rings. The Morgan fingerprint density at radius 1 is 1.26 bits per heavy atom. The molecule has 1 aromatic carbocycles. The van der Waals surface area contributed by atoms with E-state index >= 15 is 0 Å². The van der Waals surface area contributed by atoms with Gasteiger partial charge in [0.2, 0.25) is 0 Å². The van der Waals surface area contributed by atoms with Gasteiger partial charge < -0.3 is 14.8 Å². The molecular formula is C17H22ClNO4. The molecule has 1 unspecified atom stereocenters. The number of carbonyl (C=O) groups excluding carboxylic acids is 2. The van der Waals surface area contributed by atoms with Gasteiger partial charge in [-0.1, -0.05) is 43.0 Å². The molecule has 1 aliphatic rings. The molecule has 1 N–H and O–H groups in total. The molecule has 1 aliphatic carbocycles. The highest BCUT2D eigenvalue weighted by atomic mass is 35.5. The van der Waals surface area contributed by atoms with Crippen LogP contribution in [-0.2, 0) is 14.3 Å². The minimum atomic E-state index is -0.834. The lowest BCUT2D eigenvalue weighted by atomic mass is 9.95.